The van der Waals surface area contributed by atoms with E-state index in [1.54, 1.807) is 0 Å². The molecule has 3 aliphatic rings. The summed E-state index contributed by atoms with van der Waals surface area (Å²) in [4.78, 5) is 11.3. The summed E-state index contributed by atoms with van der Waals surface area (Å²) in [6.07, 6.45) is 13.7. The van der Waals surface area contributed by atoms with Gasteiger partial charge in [0.1, 0.15) is 0 Å². The summed E-state index contributed by atoms with van der Waals surface area (Å²) in [5.74, 6) is 0. The molecule has 5 rings (SSSR count). The van der Waals surface area contributed by atoms with Crippen LogP contribution in [0.15, 0.2) is 70.7 Å². The Bertz CT molecular complexity index is 1180. The zero-order valence-corrected chi connectivity index (χ0v) is 17.0. The molecule has 0 saturated carbocycles. The van der Waals surface area contributed by atoms with Crippen LogP contribution in [0.1, 0.15) is 11.4 Å². The van der Waals surface area contributed by atoms with Crippen molar-refractivity contribution < 1.29 is 19.5 Å². The summed E-state index contributed by atoms with van der Waals surface area (Å²) in [7, 11) is 0. The van der Waals surface area contributed by atoms with Crippen LogP contribution < -0.4 is 16.0 Å². The molecular formula is C20H15N5Zn. The zero-order chi connectivity index (χ0) is 16.8. The van der Waals surface area contributed by atoms with Crippen molar-refractivity contribution in [3.8, 4) is 0 Å². The van der Waals surface area contributed by atoms with E-state index in [0.717, 1.165) is 44.9 Å². The Balaban J connectivity index is 0.00000168. The van der Waals surface area contributed by atoms with Crippen molar-refractivity contribution in [1.82, 2.24) is 15.3 Å². The third-order valence-corrected chi connectivity index (χ3v) is 4.23. The number of hydrogen-bond acceptors (Lipinski definition) is 3. The minimum Gasteiger partial charge on any atom is -0.355 e. The number of H-pyrrole nitrogens is 2. The van der Waals surface area contributed by atoms with Gasteiger partial charge in [0.15, 0.2) is 0 Å². The van der Waals surface area contributed by atoms with Gasteiger partial charge in [0.25, 0.3) is 0 Å². The molecular weight excluding hydrogens is 376 g/mol. The fourth-order valence-corrected chi connectivity index (χ4v) is 3.08. The first-order valence-electron chi connectivity index (χ1n) is 8.07. The number of nitrogens with zero attached hydrogens (tertiary/aromatic N) is 1. The minimum absolute atomic E-state index is 0. The van der Waals surface area contributed by atoms with E-state index in [1.807, 2.05) is 60.7 Å². The van der Waals surface area contributed by atoms with Crippen LogP contribution in [0.3, 0.4) is 0 Å². The second kappa shape index (κ2) is 6.39. The number of nitrogens with one attached hydrogen (secondary N) is 4. The van der Waals surface area contributed by atoms with Crippen LogP contribution in [0.2, 0.25) is 0 Å². The Kier molecular flexibility index (Phi) is 4.05. The van der Waals surface area contributed by atoms with Gasteiger partial charge in [-0.05, 0) is 66.8 Å². The van der Waals surface area contributed by atoms with Crippen molar-refractivity contribution in [3.05, 3.63) is 87.7 Å². The Morgan fingerprint density at radius 3 is 2.38 bits per heavy atom. The van der Waals surface area contributed by atoms with E-state index >= 15 is 0 Å². The van der Waals surface area contributed by atoms with Gasteiger partial charge in [-0.15, -0.1) is 0 Å². The van der Waals surface area contributed by atoms with Gasteiger partial charge in [-0.3, -0.25) is 5.41 Å². The molecule has 0 spiro atoms. The van der Waals surface area contributed by atoms with Crippen molar-refractivity contribution in [2.45, 2.75) is 0 Å². The Labute approximate surface area is 162 Å². The maximum absolute atomic E-state index is 8.15. The minimum atomic E-state index is 0. The number of hydrogen-bond donors (Lipinski definition) is 4. The molecule has 8 bridgehead atoms. The Hall–Kier alpha value is -2.98. The van der Waals surface area contributed by atoms with E-state index in [9.17, 15) is 0 Å². The smallest absolute Gasteiger partial charge is 0.0796 e. The van der Waals surface area contributed by atoms with Crippen molar-refractivity contribution in [3.63, 3.8) is 0 Å². The van der Waals surface area contributed by atoms with E-state index in [0.29, 0.717) is 5.71 Å². The molecule has 6 heteroatoms. The van der Waals surface area contributed by atoms with E-state index in [-0.39, 0.29) is 19.5 Å². The summed E-state index contributed by atoms with van der Waals surface area (Å²) in [6.45, 7) is 0. The van der Waals surface area contributed by atoms with Gasteiger partial charge >= 0.3 is 0 Å². The molecule has 2 aromatic rings. The molecule has 0 radical (unpaired) electrons. The van der Waals surface area contributed by atoms with Gasteiger partial charge in [0.2, 0.25) is 0 Å². The predicted molar refractivity (Wildman–Crippen MR) is 100 cm³/mol. The van der Waals surface area contributed by atoms with Crippen LogP contribution in [0.4, 0.5) is 0 Å². The van der Waals surface area contributed by atoms with Crippen LogP contribution in [0, 0.1) is 5.41 Å². The summed E-state index contributed by atoms with van der Waals surface area (Å²) in [5.41, 5.74) is 5.85. The first-order chi connectivity index (χ1) is 12.2. The van der Waals surface area contributed by atoms with Gasteiger partial charge in [0.05, 0.1) is 22.8 Å². The van der Waals surface area contributed by atoms with E-state index in [2.05, 4.69) is 26.4 Å². The first kappa shape index (κ1) is 16.5. The molecule has 3 aliphatic heterocycles. The zero-order valence-electron chi connectivity index (χ0n) is 14.0. The number of fused-ring (bicyclic) bond motifs is 7. The molecule has 122 valence electrons. The maximum atomic E-state index is 8.15. The van der Waals surface area contributed by atoms with Gasteiger partial charge in [-0.2, -0.15) is 0 Å². The monoisotopic (exact) mass is 389 g/mol. The molecule has 0 saturated heterocycles. The molecule has 0 fully saturated rings. The molecule has 4 N–H and O–H groups in total. The maximum Gasteiger partial charge on any atom is 0.0796 e. The van der Waals surface area contributed by atoms with Crippen molar-refractivity contribution in [2.24, 2.45) is 4.99 Å². The van der Waals surface area contributed by atoms with Crippen LogP contribution >= 0.6 is 0 Å². The fraction of sp³-hybridized carbons (Fsp3) is 0. The summed E-state index contributed by atoms with van der Waals surface area (Å²) in [6, 6.07) is 8.15. The van der Waals surface area contributed by atoms with Crippen molar-refractivity contribution >= 4 is 29.7 Å². The quantitative estimate of drug-likeness (QED) is 0.508. The predicted octanol–water partition coefficient (Wildman–Crippen LogP) is 1.71. The molecule has 0 atom stereocenters. The van der Waals surface area contributed by atoms with Crippen LogP contribution in [-0.4, -0.2) is 21.4 Å². The topological polar surface area (TPSA) is 79.8 Å². The second-order valence-electron chi connectivity index (χ2n) is 6.16. The summed E-state index contributed by atoms with van der Waals surface area (Å²) >= 11 is 0. The molecule has 26 heavy (non-hydrogen) atoms. The molecule has 2 aromatic heterocycles. The van der Waals surface area contributed by atoms with Crippen LogP contribution in [0.5, 0.6) is 0 Å². The number of aromatic amines is 2. The third kappa shape index (κ3) is 3.11. The average molecular weight is 391 g/mol. The van der Waals surface area contributed by atoms with Gasteiger partial charge in [-0.25, -0.2) is 4.99 Å². The Morgan fingerprint density at radius 1 is 0.769 bits per heavy atom. The average Bonchev–Trinajstić information content (AvgIpc) is 3.33. The largest absolute Gasteiger partial charge is 0.355 e. The number of aromatic nitrogens is 2. The van der Waals surface area contributed by atoms with Gasteiger partial charge < -0.3 is 15.3 Å². The van der Waals surface area contributed by atoms with E-state index < -0.39 is 0 Å². The molecule has 5 nitrogen and oxygen atoms in total. The molecule has 0 aromatic carbocycles. The van der Waals surface area contributed by atoms with Gasteiger partial charge in [0, 0.05) is 47.3 Å². The standard InChI is InChI=1S/C20H15N5.Zn/c21-19-10-18-9-16-4-3-14(23-16)7-12-1-2-13(22-12)8-15-5-6-17(24-15)11-20(19)25-18;/h1-11,21-23,25H;. The Morgan fingerprint density at radius 2 is 1.54 bits per heavy atom. The normalized spacial score (nSPS) is 17.2. The molecule has 0 amide bonds. The number of rotatable bonds is 0. The SMILES string of the molecule is N=C1C=C2C=c3ccc([nH]3)=Cc3ccc([nH]3)C=C3C=CC(=N3)C=C1N2.[Zn]. The third-order valence-electron chi connectivity index (χ3n) is 4.23. The number of aliphatic imine (C=N–C) groups is 1. The fourth-order valence-electron chi connectivity index (χ4n) is 3.08. The van der Waals surface area contributed by atoms with Crippen LogP contribution in [-0.2, 0) is 19.5 Å². The van der Waals surface area contributed by atoms with E-state index in [4.69, 9.17) is 5.41 Å². The van der Waals surface area contributed by atoms with Crippen molar-refractivity contribution in [1.29, 1.82) is 5.41 Å². The molecule has 5 heterocycles. The second-order valence-corrected chi connectivity index (χ2v) is 6.16. The summed E-state index contributed by atoms with van der Waals surface area (Å²) in [5, 5.41) is 13.4. The van der Waals surface area contributed by atoms with Crippen LogP contribution in [0.25, 0.3) is 18.2 Å². The van der Waals surface area contributed by atoms with Gasteiger partial charge in [-0.1, -0.05) is 0 Å². The summed E-state index contributed by atoms with van der Waals surface area (Å²) < 4.78 is 0. The van der Waals surface area contributed by atoms with Crippen molar-refractivity contribution in [2.75, 3.05) is 0 Å². The molecule has 0 aliphatic carbocycles. The number of allylic oxidation sites excluding steroid dienone is 5. The first-order valence-corrected chi connectivity index (χ1v) is 8.07. The van der Waals surface area contributed by atoms with E-state index in [1.165, 1.54) is 0 Å². The molecule has 0 unspecified atom stereocenters.